The second kappa shape index (κ2) is 9.00. The summed E-state index contributed by atoms with van der Waals surface area (Å²) in [5, 5.41) is 2.91. The number of nitrogens with zero attached hydrogens (tertiary/aromatic N) is 5. The molecule has 2 saturated heterocycles. The predicted octanol–water partition coefficient (Wildman–Crippen LogP) is 0.516. The molecular formula is C21H26N6O2. The fraction of sp³-hybridized carbons (Fsp3) is 0.429. The molecule has 1 aromatic heterocycles. The molecule has 0 saturated carbocycles. The van der Waals surface area contributed by atoms with Crippen LogP contribution >= 0.6 is 0 Å². The van der Waals surface area contributed by atoms with E-state index >= 15 is 0 Å². The lowest BCUT2D eigenvalue weighted by Crippen LogP contribution is -2.57. The summed E-state index contributed by atoms with van der Waals surface area (Å²) in [5.74, 6) is 0.663. The summed E-state index contributed by atoms with van der Waals surface area (Å²) in [6, 6.07) is 11.4. The quantitative estimate of drug-likeness (QED) is 0.796. The first-order chi connectivity index (χ1) is 14.2. The maximum absolute atomic E-state index is 12.9. The highest BCUT2D eigenvalue weighted by atomic mass is 16.2. The molecular weight excluding hydrogens is 368 g/mol. The lowest BCUT2D eigenvalue weighted by molar-refractivity contribution is -0.139. The van der Waals surface area contributed by atoms with E-state index in [0.717, 1.165) is 12.1 Å². The number of carbonyl (C=O) groups is 2. The van der Waals surface area contributed by atoms with E-state index in [-0.39, 0.29) is 18.2 Å². The van der Waals surface area contributed by atoms with Crippen molar-refractivity contribution in [2.75, 3.05) is 44.2 Å². The van der Waals surface area contributed by atoms with Gasteiger partial charge in [0.05, 0.1) is 12.5 Å². The van der Waals surface area contributed by atoms with Crippen molar-refractivity contribution in [2.45, 2.75) is 19.0 Å². The predicted molar refractivity (Wildman–Crippen MR) is 109 cm³/mol. The zero-order chi connectivity index (χ0) is 20.1. The minimum atomic E-state index is -0.424. The molecule has 2 amide bonds. The van der Waals surface area contributed by atoms with Crippen LogP contribution < -0.4 is 10.2 Å². The summed E-state index contributed by atoms with van der Waals surface area (Å²) in [7, 11) is 0. The van der Waals surface area contributed by atoms with E-state index in [2.05, 4.69) is 37.2 Å². The van der Waals surface area contributed by atoms with Crippen molar-refractivity contribution in [3.05, 3.63) is 54.4 Å². The number of rotatable bonds is 5. The van der Waals surface area contributed by atoms with Crippen LogP contribution in [0.4, 0.5) is 5.95 Å². The highest BCUT2D eigenvalue weighted by Gasteiger charge is 2.33. The Bertz CT molecular complexity index is 824. The van der Waals surface area contributed by atoms with E-state index in [4.69, 9.17) is 0 Å². The summed E-state index contributed by atoms with van der Waals surface area (Å²) in [5.41, 5.74) is 1.15. The van der Waals surface area contributed by atoms with E-state index in [1.165, 1.54) is 0 Å². The maximum atomic E-state index is 12.9. The van der Waals surface area contributed by atoms with Gasteiger partial charge in [0, 0.05) is 58.2 Å². The molecule has 0 bridgehead atoms. The average Bonchev–Trinajstić information content (AvgIpc) is 2.77. The SMILES string of the molecule is O=C1NCCN(Cc2ccccc2)C1CC(=O)N1CCN(c2ncccn2)CC1. The monoisotopic (exact) mass is 394 g/mol. The first kappa shape index (κ1) is 19.3. The van der Waals surface area contributed by atoms with Crippen LogP contribution in [0.25, 0.3) is 0 Å². The molecule has 29 heavy (non-hydrogen) atoms. The maximum Gasteiger partial charge on any atom is 0.237 e. The summed E-state index contributed by atoms with van der Waals surface area (Å²) in [6.45, 7) is 4.66. The van der Waals surface area contributed by atoms with E-state index in [1.54, 1.807) is 18.5 Å². The number of piperazine rings is 2. The molecule has 2 aliphatic heterocycles. The minimum Gasteiger partial charge on any atom is -0.353 e. The van der Waals surface area contributed by atoms with Crippen molar-refractivity contribution >= 4 is 17.8 Å². The van der Waals surface area contributed by atoms with E-state index in [1.807, 2.05) is 23.1 Å². The third-order valence-electron chi connectivity index (χ3n) is 5.51. The molecule has 4 rings (SSSR count). The van der Waals surface area contributed by atoms with E-state index in [0.29, 0.717) is 45.2 Å². The highest BCUT2D eigenvalue weighted by Crippen LogP contribution is 2.16. The van der Waals surface area contributed by atoms with Gasteiger partial charge in [0.15, 0.2) is 0 Å². The Morgan fingerprint density at radius 2 is 1.72 bits per heavy atom. The number of carbonyl (C=O) groups excluding carboxylic acids is 2. The topological polar surface area (TPSA) is 81.7 Å². The molecule has 0 aliphatic carbocycles. The molecule has 1 N–H and O–H groups in total. The van der Waals surface area contributed by atoms with Crippen molar-refractivity contribution in [2.24, 2.45) is 0 Å². The van der Waals surface area contributed by atoms with Gasteiger partial charge in [-0.25, -0.2) is 9.97 Å². The van der Waals surface area contributed by atoms with Gasteiger partial charge >= 0.3 is 0 Å². The molecule has 8 heteroatoms. The van der Waals surface area contributed by atoms with Gasteiger partial charge in [-0.15, -0.1) is 0 Å². The van der Waals surface area contributed by atoms with Gasteiger partial charge in [-0.1, -0.05) is 30.3 Å². The first-order valence-corrected chi connectivity index (χ1v) is 10.1. The molecule has 1 unspecified atom stereocenters. The lowest BCUT2D eigenvalue weighted by Gasteiger charge is -2.38. The van der Waals surface area contributed by atoms with Gasteiger partial charge < -0.3 is 15.1 Å². The largest absolute Gasteiger partial charge is 0.353 e. The van der Waals surface area contributed by atoms with Crippen LogP contribution in [0.2, 0.25) is 0 Å². The van der Waals surface area contributed by atoms with Gasteiger partial charge in [-0.05, 0) is 11.6 Å². The normalized spacial score (nSPS) is 20.4. The highest BCUT2D eigenvalue weighted by molar-refractivity contribution is 5.89. The fourth-order valence-corrected chi connectivity index (χ4v) is 3.90. The molecule has 1 atom stereocenters. The Balaban J connectivity index is 1.35. The zero-order valence-electron chi connectivity index (χ0n) is 16.4. The summed E-state index contributed by atoms with van der Waals surface area (Å²) < 4.78 is 0. The van der Waals surface area contributed by atoms with Gasteiger partial charge in [0.2, 0.25) is 17.8 Å². The number of aromatic nitrogens is 2. The first-order valence-electron chi connectivity index (χ1n) is 10.1. The van der Waals surface area contributed by atoms with Crippen LogP contribution in [-0.2, 0) is 16.1 Å². The molecule has 8 nitrogen and oxygen atoms in total. The van der Waals surface area contributed by atoms with Gasteiger partial charge in [-0.2, -0.15) is 0 Å². The average molecular weight is 394 g/mol. The molecule has 0 spiro atoms. The second-order valence-electron chi connectivity index (χ2n) is 7.38. The van der Waals surface area contributed by atoms with Crippen LogP contribution in [0.5, 0.6) is 0 Å². The van der Waals surface area contributed by atoms with Crippen LogP contribution in [0.1, 0.15) is 12.0 Å². The molecule has 3 heterocycles. The molecule has 2 aromatic rings. The number of hydrogen-bond donors (Lipinski definition) is 1. The Morgan fingerprint density at radius 1 is 1.00 bits per heavy atom. The number of nitrogens with one attached hydrogen (secondary N) is 1. The third-order valence-corrected chi connectivity index (χ3v) is 5.51. The zero-order valence-corrected chi connectivity index (χ0v) is 16.4. The third kappa shape index (κ3) is 4.71. The Kier molecular flexibility index (Phi) is 6.00. The minimum absolute atomic E-state index is 0.0266. The number of anilines is 1. The molecule has 2 aliphatic rings. The molecule has 2 fully saturated rings. The number of hydrogen-bond acceptors (Lipinski definition) is 6. The van der Waals surface area contributed by atoms with Crippen molar-refractivity contribution in [3.8, 4) is 0 Å². The molecule has 152 valence electrons. The standard InChI is InChI=1S/C21H26N6O2/c28-19(25-11-13-26(14-12-25)21-23-7-4-8-24-21)15-18-20(29)22-9-10-27(18)16-17-5-2-1-3-6-17/h1-8,18H,9-16H2,(H,22,29). The van der Waals surface area contributed by atoms with Gasteiger partial charge in [0.1, 0.15) is 0 Å². The number of amides is 2. The smallest absolute Gasteiger partial charge is 0.237 e. The van der Waals surface area contributed by atoms with Gasteiger partial charge in [-0.3, -0.25) is 14.5 Å². The summed E-state index contributed by atoms with van der Waals surface area (Å²) in [6.07, 6.45) is 3.66. The van der Waals surface area contributed by atoms with Crippen molar-refractivity contribution < 1.29 is 9.59 Å². The number of benzene rings is 1. The Labute approximate surface area is 170 Å². The van der Waals surface area contributed by atoms with Crippen LogP contribution in [-0.4, -0.2) is 76.9 Å². The van der Waals surface area contributed by atoms with E-state index in [9.17, 15) is 9.59 Å². The second-order valence-corrected chi connectivity index (χ2v) is 7.38. The van der Waals surface area contributed by atoms with Crippen LogP contribution in [0.15, 0.2) is 48.8 Å². The van der Waals surface area contributed by atoms with Crippen molar-refractivity contribution in [1.82, 2.24) is 25.1 Å². The summed E-state index contributed by atoms with van der Waals surface area (Å²) >= 11 is 0. The fourth-order valence-electron chi connectivity index (χ4n) is 3.90. The molecule has 0 radical (unpaired) electrons. The van der Waals surface area contributed by atoms with E-state index < -0.39 is 6.04 Å². The van der Waals surface area contributed by atoms with Crippen LogP contribution in [0.3, 0.4) is 0 Å². The van der Waals surface area contributed by atoms with Crippen molar-refractivity contribution in [1.29, 1.82) is 0 Å². The van der Waals surface area contributed by atoms with Gasteiger partial charge in [0.25, 0.3) is 0 Å². The lowest BCUT2D eigenvalue weighted by atomic mass is 10.1. The molecule has 1 aromatic carbocycles. The van der Waals surface area contributed by atoms with Crippen LogP contribution in [0, 0.1) is 0 Å². The Hall–Kier alpha value is -3.00. The van der Waals surface area contributed by atoms with Crippen molar-refractivity contribution in [3.63, 3.8) is 0 Å². The Morgan fingerprint density at radius 3 is 2.45 bits per heavy atom. The summed E-state index contributed by atoms with van der Waals surface area (Å²) in [4.78, 5) is 40.0.